The number of ether oxygens (including phenoxy) is 3. The monoisotopic (exact) mass is 604 g/mol. The van der Waals surface area contributed by atoms with Gasteiger partial charge in [0.15, 0.2) is 16.6 Å². The Balaban J connectivity index is 1.36. The predicted molar refractivity (Wildman–Crippen MR) is 169 cm³/mol. The number of hydrogen-bond acceptors (Lipinski definition) is 8. The van der Waals surface area contributed by atoms with Crippen molar-refractivity contribution in [1.29, 1.82) is 0 Å². The number of carbonyl (C=O) groups is 2. The molecule has 0 bridgehead atoms. The van der Waals surface area contributed by atoms with Gasteiger partial charge in [-0.2, -0.15) is 0 Å². The van der Waals surface area contributed by atoms with Crippen molar-refractivity contribution >= 4 is 44.1 Å². The molecule has 8 nitrogen and oxygen atoms in total. The van der Waals surface area contributed by atoms with Gasteiger partial charge in [0.25, 0.3) is 5.78 Å². The van der Waals surface area contributed by atoms with Crippen LogP contribution in [0.4, 0.5) is 5.13 Å². The van der Waals surface area contributed by atoms with Crippen molar-refractivity contribution in [3.63, 3.8) is 0 Å². The van der Waals surface area contributed by atoms with E-state index in [1.807, 2.05) is 74.5 Å². The number of fused-ring (bicyclic) bond motifs is 2. The van der Waals surface area contributed by atoms with Crippen LogP contribution in [0.3, 0.4) is 0 Å². The Labute approximate surface area is 257 Å². The number of aliphatic hydroxyl groups is 1. The van der Waals surface area contributed by atoms with E-state index in [2.05, 4.69) is 0 Å². The first-order chi connectivity index (χ1) is 21.4. The van der Waals surface area contributed by atoms with Crippen molar-refractivity contribution in [3.8, 4) is 17.2 Å². The number of carbonyl (C=O) groups excluding carboxylic acids is 2. The molecule has 0 saturated carbocycles. The van der Waals surface area contributed by atoms with Crippen LogP contribution in [-0.2, 0) is 16.2 Å². The number of aromatic nitrogens is 1. The molecule has 4 aromatic carbocycles. The topological polar surface area (TPSA) is 98.2 Å². The highest BCUT2D eigenvalue weighted by Crippen LogP contribution is 2.46. The number of amides is 1. The second-order valence-corrected chi connectivity index (χ2v) is 11.8. The van der Waals surface area contributed by atoms with E-state index in [1.54, 1.807) is 24.3 Å². The third-order valence-electron chi connectivity index (χ3n) is 7.71. The lowest BCUT2D eigenvalue weighted by Crippen LogP contribution is -2.29. The zero-order valence-corrected chi connectivity index (χ0v) is 24.9. The van der Waals surface area contributed by atoms with Crippen molar-refractivity contribution in [3.05, 3.63) is 118 Å². The maximum absolute atomic E-state index is 13.8. The summed E-state index contributed by atoms with van der Waals surface area (Å²) in [6.07, 6.45) is 0. The third-order valence-corrected chi connectivity index (χ3v) is 8.71. The van der Waals surface area contributed by atoms with Crippen LogP contribution in [0.5, 0.6) is 17.2 Å². The normalized spacial score (nSPS) is 17.3. The zero-order valence-electron chi connectivity index (χ0n) is 24.1. The summed E-state index contributed by atoms with van der Waals surface area (Å²) in [7, 11) is 0. The van der Waals surface area contributed by atoms with Gasteiger partial charge in [0, 0.05) is 5.56 Å². The lowest BCUT2D eigenvalue weighted by Gasteiger charge is -2.24. The number of thiazole rings is 1. The molecule has 9 heteroatoms. The van der Waals surface area contributed by atoms with Crippen LogP contribution < -0.4 is 19.1 Å². The number of rotatable bonds is 6. The average Bonchev–Trinajstić information content (AvgIpc) is 3.58. The van der Waals surface area contributed by atoms with Crippen LogP contribution >= 0.6 is 11.3 Å². The second-order valence-electron chi connectivity index (χ2n) is 10.8. The van der Waals surface area contributed by atoms with Crippen molar-refractivity contribution in [2.45, 2.75) is 26.5 Å². The number of hydrogen-bond donors (Lipinski definition) is 1. The molecule has 0 spiro atoms. The molecule has 1 atom stereocenters. The van der Waals surface area contributed by atoms with Gasteiger partial charge in [-0.1, -0.05) is 59.9 Å². The minimum atomic E-state index is -0.953. The van der Waals surface area contributed by atoms with Gasteiger partial charge in [0.05, 0.1) is 21.8 Å². The summed E-state index contributed by atoms with van der Waals surface area (Å²) in [5, 5.41) is 12.1. The SMILES string of the molecule is Cc1cc(C)c2nc(N3C(=O)C(=O)/C(=C(/O)c4ccc5c(c4)OCCO5)C3c3cccc(OCc4ccccc4)c3)sc2c1. The molecule has 1 N–H and O–H groups in total. The molecule has 3 heterocycles. The Kier molecular flexibility index (Phi) is 7.02. The minimum Gasteiger partial charge on any atom is -0.507 e. The number of aliphatic hydroxyl groups excluding tert-OH is 1. The van der Waals surface area contributed by atoms with E-state index < -0.39 is 17.7 Å². The van der Waals surface area contributed by atoms with Gasteiger partial charge in [-0.05, 0) is 72.5 Å². The fraction of sp³-hybridized carbons (Fsp3) is 0.171. The molecule has 7 rings (SSSR count). The Morgan fingerprint density at radius 2 is 1.75 bits per heavy atom. The molecule has 2 aliphatic rings. The molecule has 0 aliphatic carbocycles. The predicted octanol–water partition coefficient (Wildman–Crippen LogP) is 6.89. The van der Waals surface area contributed by atoms with E-state index in [4.69, 9.17) is 19.2 Å². The summed E-state index contributed by atoms with van der Waals surface area (Å²) >= 11 is 1.34. The molecule has 220 valence electrons. The summed E-state index contributed by atoms with van der Waals surface area (Å²) in [5.74, 6) is -0.306. The van der Waals surface area contributed by atoms with Crippen molar-refractivity contribution in [2.75, 3.05) is 18.1 Å². The van der Waals surface area contributed by atoms with E-state index >= 15 is 0 Å². The molecule has 1 saturated heterocycles. The first kappa shape index (κ1) is 27.7. The van der Waals surface area contributed by atoms with Crippen LogP contribution in [-0.4, -0.2) is 35.0 Å². The first-order valence-electron chi connectivity index (χ1n) is 14.2. The number of Topliss-reactive ketones (excluding diaryl/α,β-unsaturated/α-hetero) is 1. The van der Waals surface area contributed by atoms with Crippen LogP contribution in [0.1, 0.15) is 33.9 Å². The van der Waals surface area contributed by atoms with E-state index in [0.717, 1.165) is 26.9 Å². The minimum absolute atomic E-state index is 0.0426. The van der Waals surface area contributed by atoms with Crippen molar-refractivity contribution in [2.24, 2.45) is 0 Å². The lowest BCUT2D eigenvalue weighted by molar-refractivity contribution is -0.132. The summed E-state index contributed by atoms with van der Waals surface area (Å²) in [4.78, 5) is 33.8. The molecule has 1 fully saturated rings. The van der Waals surface area contributed by atoms with Crippen LogP contribution in [0.25, 0.3) is 16.0 Å². The molecule has 2 aliphatic heterocycles. The Bertz CT molecular complexity index is 1970. The van der Waals surface area contributed by atoms with Gasteiger partial charge in [0.1, 0.15) is 31.3 Å². The van der Waals surface area contributed by atoms with Gasteiger partial charge < -0.3 is 19.3 Å². The van der Waals surface area contributed by atoms with Gasteiger partial charge in [-0.25, -0.2) is 4.98 Å². The molecule has 1 amide bonds. The molecular weight excluding hydrogens is 576 g/mol. The molecule has 44 heavy (non-hydrogen) atoms. The van der Waals surface area contributed by atoms with Crippen molar-refractivity contribution in [1.82, 2.24) is 4.98 Å². The second kappa shape index (κ2) is 11.2. The number of anilines is 1. The number of aryl methyl sites for hydroxylation is 2. The Hall–Kier alpha value is -5.15. The Morgan fingerprint density at radius 3 is 2.57 bits per heavy atom. The summed E-state index contributed by atoms with van der Waals surface area (Å²) in [6.45, 7) is 5.12. The highest BCUT2D eigenvalue weighted by molar-refractivity contribution is 7.22. The zero-order chi connectivity index (χ0) is 30.4. The average molecular weight is 605 g/mol. The first-order valence-corrected chi connectivity index (χ1v) is 15.0. The largest absolute Gasteiger partial charge is 0.507 e. The third kappa shape index (κ3) is 4.95. The van der Waals surface area contributed by atoms with E-state index in [0.29, 0.717) is 53.3 Å². The fourth-order valence-corrected chi connectivity index (χ4v) is 6.84. The molecule has 5 aromatic rings. The highest BCUT2D eigenvalue weighted by Gasteiger charge is 2.48. The van der Waals surface area contributed by atoms with Gasteiger partial charge >= 0.3 is 5.91 Å². The van der Waals surface area contributed by atoms with Gasteiger partial charge in [0.2, 0.25) is 0 Å². The molecular formula is C35H28N2O6S. The number of benzene rings is 4. The number of ketones is 1. The van der Waals surface area contributed by atoms with E-state index in [1.165, 1.54) is 16.2 Å². The summed E-state index contributed by atoms with van der Waals surface area (Å²) in [5.41, 5.74) is 4.71. The molecule has 1 aromatic heterocycles. The maximum Gasteiger partial charge on any atom is 0.301 e. The fourth-order valence-electron chi connectivity index (χ4n) is 5.67. The molecule has 0 radical (unpaired) electrons. The Morgan fingerprint density at radius 1 is 0.955 bits per heavy atom. The van der Waals surface area contributed by atoms with E-state index in [9.17, 15) is 14.7 Å². The van der Waals surface area contributed by atoms with E-state index in [-0.39, 0.29) is 11.3 Å². The standard InChI is InChI=1S/C35H28N2O6S/c1-20-15-21(2)30-28(16-20)44-35(36-30)37-31(23-9-6-10-25(17-23)43-19-22-7-4-3-5-8-22)29(33(39)34(37)40)32(38)24-11-12-26-27(18-24)42-14-13-41-26/h3-12,15-18,31,38H,13-14,19H2,1-2H3/b32-29+. The summed E-state index contributed by atoms with van der Waals surface area (Å²) < 4.78 is 18.3. The van der Waals surface area contributed by atoms with Gasteiger partial charge in [-0.15, -0.1) is 0 Å². The highest BCUT2D eigenvalue weighted by atomic mass is 32.1. The summed E-state index contributed by atoms with van der Waals surface area (Å²) in [6, 6.07) is 25.1. The number of nitrogens with zero attached hydrogens (tertiary/aromatic N) is 2. The maximum atomic E-state index is 13.8. The quantitative estimate of drug-likeness (QED) is 0.128. The van der Waals surface area contributed by atoms with Crippen LogP contribution in [0.2, 0.25) is 0 Å². The van der Waals surface area contributed by atoms with Gasteiger partial charge in [-0.3, -0.25) is 14.5 Å². The van der Waals surface area contributed by atoms with Crippen LogP contribution in [0, 0.1) is 13.8 Å². The molecule has 1 unspecified atom stereocenters. The lowest BCUT2D eigenvalue weighted by atomic mass is 9.95. The van der Waals surface area contributed by atoms with Crippen LogP contribution in [0.15, 0.2) is 90.5 Å². The smallest absolute Gasteiger partial charge is 0.301 e. The van der Waals surface area contributed by atoms with Crippen molar-refractivity contribution < 1.29 is 28.9 Å².